The van der Waals surface area contributed by atoms with Crippen molar-refractivity contribution in [3.05, 3.63) is 34.4 Å². The van der Waals surface area contributed by atoms with Gasteiger partial charge >= 0.3 is 6.09 Å². The van der Waals surface area contributed by atoms with E-state index >= 15 is 0 Å². The summed E-state index contributed by atoms with van der Waals surface area (Å²) in [5, 5.41) is 24.4. The third-order valence-electron chi connectivity index (χ3n) is 4.59. The highest BCUT2D eigenvalue weighted by atomic mass is 32.2. The molecule has 3 N–H and O–H groups in total. The van der Waals surface area contributed by atoms with Gasteiger partial charge in [0.1, 0.15) is 0 Å². The van der Waals surface area contributed by atoms with Crippen LogP contribution in [0.3, 0.4) is 0 Å². The number of nitro benzene ring substituents is 1. The highest BCUT2D eigenvalue weighted by Gasteiger charge is 2.26. The summed E-state index contributed by atoms with van der Waals surface area (Å²) in [4.78, 5) is 31.9. The molecule has 11 nitrogen and oxygen atoms in total. The lowest BCUT2D eigenvalue weighted by Crippen LogP contribution is -2.35. The van der Waals surface area contributed by atoms with Crippen molar-refractivity contribution in [2.75, 3.05) is 19.6 Å². The summed E-state index contributed by atoms with van der Waals surface area (Å²) in [6, 6.07) is 4.66. The number of carbonyl (C=O) groups is 2. The van der Waals surface area contributed by atoms with Crippen LogP contribution in [0.5, 0.6) is 0 Å². The molecule has 12 heteroatoms. The van der Waals surface area contributed by atoms with Gasteiger partial charge in [0.2, 0.25) is 15.9 Å². The summed E-state index contributed by atoms with van der Waals surface area (Å²) in [6.07, 6.45) is 1.42. The van der Waals surface area contributed by atoms with Crippen LogP contribution in [0, 0.1) is 10.1 Å². The zero-order chi connectivity index (χ0) is 21.4. The average Bonchev–Trinajstić information content (AvgIpc) is 3.08. The van der Waals surface area contributed by atoms with Gasteiger partial charge in [0.15, 0.2) is 0 Å². The minimum Gasteiger partial charge on any atom is -0.465 e. The van der Waals surface area contributed by atoms with E-state index in [0.717, 1.165) is 18.6 Å². The van der Waals surface area contributed by atoms with Crippen LogP contribution in [0.1, 0.15) is 32.1 Å². The second-order valence-electron chi connectivity index (χ2n) is 6.69. The van der Waals surface area contributed by atoms with Crippen molar-refractivity contribution in [3.8, 4) is 0 Å². The van der Waals surface area contributed by atoms with Gasteiger partial charge in [-0.05, 0) is 37.8 Å². The summed E-state index contributed by atoms with van der Waals surface area (Å²) in [7, 11) is -3.90. The molecule has 0 aromatic heterocycles. The van der Waals surface area contributed by atoms with E-state index in [-0.39, 0.29) is 48.6 Å². The maximum Gasteiger partial charge on any atom is 0.404 e. The van der Waals surface area contributed by atoms with Crippen LogP contribution in [0.4, 0.5) is 10.5 Å². The Hall–Kier alpha value is -2.73. The van der Waals surface area contributed by atoms with Crippen molar-refractivity contribution in [1.29, 1.82) is 0 Å². The smallest absolute Gasteiger partial charge is 0.404 e. The number of non-ortho nitro benzene ring substituents is 1. The van der Waals surface area contributed by atoms with E-state index < -0.39 is 21.0 Å². The largest absolute Gasteiger partial charge is 0.465 e. The van der Waals surface area contributed by atoms with E-state index in [0.29, 0.717) is 19.3 Å². The lowest BCUT2D eigenvalue weighted by Gasteiger charge is -2.23. The molecule has 0 radical (unpaired) electrons. The number of sulfonamides is 1. The SMILES string of the molecule is O=C(O)NCCCN(CCCC1CCC(=O)N1)S(=O)(=O)c1ccc([N+](=O)[O-])cc1. The molecule has 1 aliphatic heterocycles. The van der Waals surface area contributed by atoms with E-state index in [9.17, 15) is 28.1 Å². The third-order valence-corrected chi connectivity index (χ3v) is 6.50. The van der Waals surface area contributed by atoms with Crippen molar-refractivity contribution < 1.29 is 28.0 Å². The second-order valence-corrected chi connectivity index (χ2v) is 8.62. The first kappa shape index (κ1) is 22.6. The lowest BCUT2D eigenvalue weighted by atomic mass is 10.1. The van der Waals surface area contributed by atoms with Gasteiger partial charge in [0.05, 0.1) is 9.82 Å². The number of hydrogen-bond acceptors (Lipinski definition) is 6. The van der Waals surface area contributed by atoms with Crippen LogP contribution in [0.15, 0.2) is 29.2 Å². The van der Waals surface area contributed by atoms with Gasteiger partial charge in [-0.15, -0.1) is 0 Å². The van der Waals surface area contributed by atoms with Gasteiger partial charge < -0.3 is 15.7 Å². The standard InChI is InChI=1S/C17H24N4O7S/c22-16-9-4-13(19-16)3-1-11-20(12-2-10-18-17(23)24)29(27,28)15-7-5-14(6-8-15)21(25)26/h5-8,13,18H,1-4,9-12H2,(H,19,22)(H,23,24). The molecule has 1 heterocycles. The number of amides is 2. The molecule has 0 spiro atoms. The van der Waals surface area contributed by atoms with Crippen LogP contribution < -0.4 is 10.6 Å². The molecule has 160 valence electrons. The summed E-state index contributed by atoms with van der Waals surface area (Å²) in [6.45, 7) is 0.385. The highest BCUT2D eigenvalue weighted by molar-refractivity contribution is 7.89. The predicted molar refractivity (Wildman–Crippen MR) is 103 cm³/mol. The summed E-state index contributed by atoms with van der Waals surface area (Å²) in [5.74, 6) is -0.00916. The van der Waals surface area contributed by atoms with Crippen LogP contribution >= 0.6 is 0 Å². The molecule has 1 aromatic rings. The number of hydrogen-bond donors (Lipinski definition) is 3. The Morgan fingerprint density at radius 1 is 1.28 bits per heavy atom. The van der Waals surface area contributed by atoms with Crippen LogP contribution in [0.2, 0.25) is 0 Å². The first-order valence-electron chi connectivity index (χ1n) is 9.21. The Kier molecular flexibility index (Phi) is 7.91. The number of nitro groups is 1. The molecule has 2 amide bonds. The molecule has 1 unspecified atom stereocenters. The van der Waals surface area contributed by atoms with E-state index in [4.69, 9.17) is 5.11 Å². The molecule has 1 fully saturated rings. The number of benzene rings is 1. The van der Waals surface area contributed by atoms with Crippen molar-refractivity contribution >= 4 is 27.7 Å². The van der Waals surface area contributed by atoms with E-state index in [1.165, 1.54) is 16.4 Å². The monoisotopic (exact) mass is 428 g/mol. The van der Waals surface area contributed by atoms with E-state index in [1.807, 2.05) is 0 Å². The first-order chi connectivity index (χ1) is 13.7. The van der Waals surface area contributed by atoms with Gasteiger partial charge in [0, 0.05) is 44.2 Å². The Balaban J connectivity index is 2.05. The molecule has 1 atom stereocenters. The maximum atomic E-state index is 13.0. The van der Waals surface area contributed by atoms with Crippen molar-refractivity contribution in [2.24, 2.45) is 0 Å². The second kappa shape index (κ2) is 10.2. The lowest BCUT2D eigenvalue weighted by molar-refractivity contribution is -0.384. The van der Waals surface area contributed by atoms with E-state index in [2.05, 4.69) is 10.6 Å². The Bertz CT molecular complexity index is 842. The maximum absolute atomic E-state index is 13.0. The van der Waals surface area contributed by atoms with E-state index in [1.54, 1.807) is 0 Å². The Labute approximate surface area is 168 Å². The molecule has 0 aliphatic carbocycles. The molecule has 2 rings (SSSR count). The van der Waals surface area contributed by atoms with Crippen molar-refractivity contribution in [3.63, 3.8) is 0 Å². The fourth-order valence-corrected chi connectivity index (χ4v) is 4.62. The fourth-order valence-electron chi connectivity index (χ4n) is 3.10. The van der Waals surface area contributed by atoms with Crippen LogP contribution in [-0.2, 0) is 14.8 Å². The molecule has 29 heavy (non-hydrogen) atoms. The number of carbonyl (C=O) groups excluding carboxylic acids is 1. The average molecular weight is 428 g/mol. The number of nitrogens with one attached hydrogen (secondary N) is 2. The van der Waals surface area contributed by atoms with Crippen molar-refractivity contribution in [2.45, 2.75) is 43.0 Å². The molecule has 1 aliphatic rings. The Morgan fingerprint density at radius 3 is 2.48 bits per heavy atom. The van der Waals surface area contributed by atoms with Crippen LogP contribution in [0.25, 0.3) is 0 Å². The quantitative estimate of drug-likeness (QED) is 0.272. The van der Waals surface area contributed by atoms with Gasteiger partial charge in [-0.1, -0.05) is 0 Å². The molecular weight excluding hydrogens is 404 g/mol. The molecule has 1 saturated heterocycles. The topological polar surface area (TPSA) is 159 Å². The van der Waals surface area contributed by atoms with Crippen molar-refractivity contribution in [1.82, 2.24) is 14.9 Å². The van der Waals surface area contributed by atoms with Gasteiger partial charge in [-0.25, -0.2) is 13.2 Å². The van der Waals surface area contributed by atoms with Gasteiger partial charge in [0.25, 0.3) is 5.69 Å². The highest BCUT2D eigenvalue weighted by Crippen LogP contribution is 2.21. The van der Waals surface area contributed by atoms with Crippen LogP contribution in [-0.4, -0.2) is 60.4 Å². The van der Waals surface area contributed by atoms with Gasteiger partial charge in [-0.2, -0.15) is 4.31 Å². The zero-order valence-corrected chi connectivity index (χ0v) is 16.6. The third kappa shape index (κ3) is 6.68. The minimum atomic E-state index is -3.90. The molecule has 0 saturated carbocycles. The zero-order valence-electron chi connectivity index (χ0n) is 15.7. The Morgan fingerprint density at radius 2 is 1.93 bits per heavy atom. The minimum absolute atomic E-state index is 0.00916. The number of rotatable bonds is 11. The molecular formula is C17H24N4O7S. The predicted octanol–water partition coefficient (Wildman–Crippen LogP) is 1.30. The molecule has 1 aromatic carbocycles. The van der Waals surface area contributed by atoms with Gasteiger partial charge in [-0.3, -0.25) is 14.9 Å². The summed E-state index contributed by atoms with van der Waals surface area (Å²) in [5.41, 5.74) is -0.210. The molecule has 0 bridgehead atoms. The normalized spacial score (nSPS) is 16.6. The number of carboxylic acid groups (broad SMARTS) is 1. The summed E-state index contributed by atoms with van der Waals surface area (Å²) >= 11 is 0. The number of nitrogens with zero attached hydrogens (tertiary/aromatic N) is 2. The summed E-state index contributed by atoms with van der Waals surface area (Å²) < 4.78 is 27.2. The fraction of sp³-hybridized carbons (Fsp3) is 0.529. The first-order valence-corrected chi connectivity index (χ1v) is 10.6.